The summed E-state index contributed by atoms with van der Waals surface area (Å²) in [5.41, 5.74) is 0.0505. The largest absolute Gasteiger partial charge is 0.394 e. The summed E-state index contributed by atoms with van der Waals surface area (Å²) in [4.78, 5) is 13.9. The Balaban J connectivity index is 1.87. The maximum Gasteiger partial charge on any atom is 0.234 e. The number of hydrogen-bond acceptors (Lipinski definition) is 4. The number of carbonyl (C=O) groups excluding carboxylic acids is 1. The van der Waals surface area contributed by atoms with Crippen molar-refractivity contribution in [2.24, 2.45) is 0 Å². The second kappa shape index (κ2) is 7.67. The van der Waals surface area contributed by atoms with Crippen LogP contribution in [-0.2, 0) is 16.1 Å². The number of ether oxygens (including phenoxy) is 1. The topological polar surface area (TPSA) is 61.8 Å². The van der Waals surface area contributed by atoms with E-state index in [-0.39, 0.29) is 31.4 Å². The van der Waals surface area contributed by atoms with Gasteiger partial charge in [-0.25, -0.2) is 4.39 Å². The lowest BCUT2D eigenvalue weighted by Gasteiger charge is -2.42. The lowest BCUT2D eigenvalue weighted by Crippen LogP contribution is -2.55. The first-order valence-corrected chi connectivity index (χ1v) is 7.47. The number of rotatable bonds is 6. The number of nitrogens with zero attached hydrogens (tertiary/aromatic N) is 1. The van der Waals surface area contributed by atoms with Gasteiger partial charge in [0.25, 0.3) is 0 Å². The van der Waals surface area contributed by atoms with Crippen molar-refractivity contribution in [2.75, 3.05) is 33.4 Å². The molecular weight excluding hydrogens is 287 g/mol. The third kappa shape index (κ3) is 4.03. The zero-order valence-electron chi connectivity index (χ0n) is 12.8. The van der Waals surface area contributed by atoms with Gasteiger partial charge < -0.3 is 15.2 Å². The molecule has 0 aliphatic carbocycles. The minimum absolute atomic E-state index is 0.00649. The Morgan fingerprint density at radius 3 is 2.73 bits per heavy atom. The third-order valence-corrected chi connectivity index (χ3v) is 4.34. The normalized spacial score (nSPS) is 17.5. The van der Waals surface area contributed by atoms with Crippen molar-refractivity contribution in [3.8, 4) is 0 Å². The number of aliphatic hydroxyl groups is 1. The standard InChI is InChI=1S/C16H23FN2O3/c1-19(16(12-20)6-8-22-9-7-16)11-15(21)18-10-13-4-2-3-5-14(13)17/h2-5,20H,6-12H2,1H3,(H,18,21). The van der Waals surface area contributed by atoms with Crippen LogP contribution in [0.15, 0.2) is 24.3 Å². The number of likely N-dealkylation sites (N-methyl/N-ethyl adjacent to an activating group) is 1. The molecule has 6 heteroatoms. The fourth-order valence-corrected chi connectivity index (χ4v) is 2.69. The van der Waals surface area contributed by atoms with E-state index in [0.717, 1.165) is 0 Å². The van der Waals surface area contributed by atoms with E-state index >= 15 is 0 Å². The van der Waals surface area contributed by atoms with Crippen LogP contribution in [0.5, 0.6) is 0 Å². The highest BCUT2D eigenvalue weighted by molar-refractivity contribution is 5.78. The van der Waals surface area contributed by atoms with Crippen LogP contribution in [0.25, 0.3) is 0 Å². The van der Waals surface area contributed by atoms with Crippen LogP contribution < -0.4 is 5.32 Å². The van der Waals surface area contributed by atoms with Gasteiger partial charge in [-0.15, -0.1) is 0 Å². The summed E-state index contributed by atoms with van der Waals surface area (Å²) in [5.74, 6) is -0.516. The second-order valence-corrected chi connectivity index (χ2v) is 5.72. The number of hydrogen-bond donors (Lipinski definition) is 2. The number of amides is 1. The van der Waals surface area contributed by atoms with E-state index in [2.05, 4.69) is 5.32 Å². The average molecular weight is 310 g/mol. The fourth-order valence-electron chi connectivity index (χ4n) is 2.69. The minimum atomic E-state index is -0.409. The first-order chi connectivity index (χ1) is 10.6. The van der Waals surface area contributed by atoms with Crippen molar-refractivity contribution in [3.05, 3.63) is 35.6 Å². The fraction of sp³-hybridized carbons (Fsp3) is 0.562. The van der Waals surface area contributed by atoms with Crippen molar-refractivity contribution in [2.45, 2.75) is 24.9 Å². The van der Waals surface area contributed by atoms with E-state index in [1.165, 1.54) is 6.07 Å². The van der Waals surface area contributed by atoms with E-state index in [1.807, 2.05) is 11.9 Å². The molecule has 2 N–H and O–H groups in total. The maximum absolute atomic E-state index is 13.5. The molecule has 0 spiro atoms. The van der Waals surface area contributed by atoms with Gasteiger partial charge in [0.05, 0.1) is 13.2 Å². The van der Waals surface area contributed by atoms with E-state index < -0.39 is 5.54 Å². The Labute approximate surface area is 130 Å². The lowest BCUT2D eigenvalue weighted by atomic mass is 9.89. The Bertz CT molecular complexity index is 504. The Kier molecular flexibility index (Phi) is 5.88. The van der Waals surface area contributed by atoms with Gasteiger partial charge >= 0.3 is 0 Å². The van der Waals surface area contributed by atoms with Gasteiger partial charge in [0, 0.05) is 30.9 Å². The smallest absolute Gasteiger partial charge is 0.234 e. The molecule has 122 valence electrons. The van der Waals surface area contributed by atoms with Crippen molar-refractivity contribution in [3.63, 3.8) is 0 Å². The molecule has 1 heterocycles. The van der Waals surface area contributed by atoms with E-state index in [0.29, 0.717) is 31.6 Å². The minimum Gasteiger partial charge on any atom is -0.394 e. The predicted octanol–water partition coefficient (Wildman–Crippen LogP) is 0.915. The molecule has 0 atom stereocenters. The van der Waals surface area contributed by atoms with Crippen molar-refractivity contribution in [1.29, 1.82) is 0 Å². The van der Waals surface area contributed by atoms with Crippen LogP contribution in [0.2, 0.25) is 0 Å². The summed E-state index contributed by atoms with van der Waals surface area (Å²) < 4.78 is 18.8. The highest BCUT2D eigenvalue weighted by atomic mass is 19.1. The van der Waals surface area contributed by atoms with Gasteiger partial charge in [0.15, 0.2) is 0 Å². The molecule has 1 amide bonds. The molecule has 1 aromatic rings. The highest BCUT2D eigenvalue weighted by Gasteiger charge is 2.36. The molecule has 0 radical (unpaired) electrons. The predicted molar refractivity (Wildman–Crippen MR) is 80.7 cm³/mol. The molecule has 1 aliphatic rings. The van der Waals surface area contributed by atoms with E-state index in [4.69, 9.17) is 4.74 Å². The van der Waals surface area contributed by atoms with Gasteiger partial charge in [-0.05, 0) is 26.0 Å². The van der Waals surface area contributed by atoms with Gasteiger partial charge in [-0.2, -0.15) is 0 Å². The van der Waals surface area contributed by atoms with E-state index in [1.54, 1.807) is 18.2 Å². The number of nitrogens with one attached hydrogen (secondary N) is 1. The number of benzene rings is 1. The molecule has 2 rings (SSSR count). The molecule has 0 bridgehead atoms. The Morgan fingerprint density at radius 2 is 2.09 bits per heavy atom. The van der Waals surface area contributed by atoms with Crippen LogP contribution in [-0.4, -0.2) is 54.9 Å². The summed E-state index contributed by atoms with van der Waals surface area (Å²) in [6.45, 7) is 1.49. The summed E-state index contributed by atoms with van der Waals surface area (Å²) in [6, 6.07) is 6.37. The molecule has 0 saturated carbocycles. The van der Waals surface area contributed by atoms with Crippen molar-refractivity contribution >= 4 is 5.91 Å². The Hall–Kier alpha value is -1.50. The SMILES string of the molecule is CN(CC(=O)NCc1ccccc1F)C1(CO)CCOCC1. The first kappa shape index (κ1) is 16.9. The molecule has 1 aliphatic heterocycles. The second-order valence-electron chi connectivity index (χ2n) is 5.72. The molecule has 1 aromatic carbocycles. The van der Waals surface area contributed by atoms with Crippen molar-refractivity contribution < 1.29 is 19.0 Å². The molecule has 0 aromatic heterocycles. The lowest BCUT2D eigenvalue weighted by molar-refractivity contribution is -0.126. The van der Waals surface area contributed by atoms with Gasteiger partial charge in [-0.3, -0.25) is 9.69 Å². The summed E-state index contributed by atoms with van der Waals surface area (Å²) >= 11 is 0. The van der Waals surface area contributed by atoms with Crippen LogP contribution in [0.1, 0.15) is 18.4 Å². The maximum atomic E-state index is 13.5. The molecule has 0 unspecified atom stereocenters. The first-order valence-electron chi connectivity index (χ1n) is 7.47. The summed E-state index contributed by atoms with van der Waals surface area (Å²) in [5, 5.41) is 12.4. The quantitative estimate of drug-likeness (QED) is 0.820. The van der Waals surface area contributed by atoms with E-state index in [9.17, 15) is 14.3 Å². The van der Waals surface area contributed by atoms with Gasteiger partial charge in [0.2, 0.25) is 5.91 Å². The van der Waals surface area contributed by atoms with Crippen LogP contribution >= 0.6 is 0 Å². The summed E-state index contributed by atoms with van der Waals surface area (Å²) in [7, 11) is 1.82. The average Bonchev–Trinajstić information content (AvgIpc) is 2.54. The van der Waals surface area contributed by atoms with Crippen LogP contribution in [0.3, 0.4) is 0 Å². The Morgan fingerprint density at radius 1 is 1.41 bits per heavy atom. The molecule has 22 heavy (non-hydrogen) atoms. The number of carbonyl (C=O) groups is 1. The summed E-state index contributed by atoms with van der Waals surface area (Å²) in [6.07, 6.45) is 1.39. The van der Waals surface area contributed by atoms with Crippen LogP contribution in [0, 0.1) is 5.82 Å². The number of halogens is 1. The molecule has 1 saturated heterocycles. The zero-order valence-corrected chi connectivity index (χ0v) is 12.8. The van der Waals surface area contributed by atoms with Gasteiger partial charge in [0.1, 0.15) is 5.82 Å². The third-order valence-electron chi connectivity index (χ3n) is 4.34. The zero-order chi connectivity index (χ0) is 16.0. The highest BCUT2D eigenvalue weighted by Crippen LogP contribution is 2.26. The number of aliphatic hydroxyl groups excluding tert-OH is 1. The molecule has 5 nitrogen and oxygen atoms in total. The molecular formula is C16H23FN2O3. The van der Waals surface area contributed by atoms with Crippen LogP contribution in [0.4, 0.5) is 4.39 Å². The molecule has 1 fully saturated rings. The monoisotopic (exact) mass is 310 g/mol. The van der Waals surface area contributed by atoms with Gasteiger partial charge in [-0.1, -0.05) is 18.2 Å². The van der Waals surface area contributed by atoms with Crippen molar-refractivity contribution in [1.82, 2.24) is 10.2 Å².